The SMILES string of the molecule is CSc1ccc(NS(=O)(=O)c2ccc(C)c(C(=O)O)c2)cc1. The highest BCUT2D eigenvalue weighted by molar-refractivity contribution is 7.98. The van der Waals surface area contributed by atoms with Crippen molar-refractivity contribution >= 4 is 33.4 Å². The Balaban J connectivity index is 2.33. The summed E-state index contributed by atoms with van der Waals surface area (Å²) in [7, 11) is -3.83. The number of nitrogens with one attached hydrogen (secondary N) is 1. The van der Waals surface area contributed by atoms with Gasteiger partial charge in [-0.2, -0.15) is 0 Å². The molecule has 0 aliphatic heterocycles. The third-order valence-corrected chi connectivity index (χ3v) is 5.21. The summed E-state index contributed by atoms with van der Waals surface area (Å²) in [6.45, 7) is 1.62. The minimum Gasteiger partial charge on any atom is -0.478 e. The van der Waals surface area contributed by atoms with Crippen molar-refractivity contribution in [2.75, 3.05) is 11.0 Å². The zero-order valence-corrected chi connectivity index (χ0v) is 13.7. The largest absolute Gasteiger partial charge is 0.478 e. The maximum atomic E-state index is 12.3. The molecule has 116 valence electrons. The number of carboxylic acids is 1. The van der Waals surface area contributed by atoms with E-state index in [0.717, 1.165) is 11.0 Å². The van der Waals surface area contributed by atoms with E-state index in [1.165, 1.54) is 12.1 Å². The van der Waals surface area contributed by atoms with Crippen molar-refractivity contribution in [2.45, 2.75) is 16.7 Å². The molecule has 0 atom stereocenters. The van der Waals surface area contributed by atoms with Gasteiger partial charge in [0.15, 0.2) is 0 Å². The van der Waals surface area contributed by atoms with Gasteiger partial charge in [0, 0.05) is 10.6 Å². The molecule has 2 rings (SSSR count). The lowest BCUT2D eigenvalue weighted by Gasteiger charge is -2.10. The van der Waals surface area contributed by atoms with Crippen molar-refractivity contribution in [1.29, 1.82) is 0 Å². The number of aryl methyl sites for hydroxylation is 1. The lowest BCUT2D eigenvalue weighted by molar-refractivity contribution is 0.0696. The molecule has 22 heavy (non-hydrogen) atoms. The van der Waals surface area contributed by atoms with E-state index < -0.39 is 16.0 Å². The summed E-state index contributed by atoms with van der Waals surface area (Å²) >= 11 is 1.56. The number of carbonyl (C=O) groups is 1. The first-order valence-corrected chi connectivity index (χ1v) is 9.05. The number of aromatic carboxylic acids is 1. The molecule has 5 nitrogen and oxygen atoms in total. The van der Waals surface area contributed by atoms with Gasteiger partial charge < -0.3 is 5.11 Å². The standard InChI is InChI=1S/C15H15NO4S2/c1-10-3-8-13(9-14(10)15(17)18)22(19,20)16-11-4-6-12(21-2)7-5-11/h3-9,16H,1-2H3,(H,17,18). The van der Waals surface area contributed by atoms with Crippen molar-refractivity contribution in [3.63, 3.8) is 0 Å². The molecule has 0 radical (unpaired) electrons. The van der Waals surface area contributed by atoms with Gasteiger partial charge >= 0.3 is 5.97 Å². The smallest absolute Gasteiger partial charge is 0.335 e. The number of thioether (sulfide) groups is 1. The first-order chi connectivity index (χ1) is 10.3. The van der Waals surface area contributed by atoms with E-state index in [-0.39, 0.29) is 10.5 Å². The molecular formula is C15H15NO4S2. The van der Waals surface area contributed by atoms with Crippen LogP contribution in [0.5, 0.6) is 0 Å². The normalized spacial score (nSPS) is 11.2. The molecule has 2 N–H and O–H groups in total. The van der Waals surface area contributed by atoms with E-state index >= 15 is 0 Å². The molecule has 0 unspecified atom stereocenters. The third kappa shape index (κ3) is 3.61. The van der Waals surface area contributed by atoms with Gasteiger partial charge in [-0.1, -0.05) is 6.07 Å². The van der Waals surface area contributed by atoms with Crippen molar-refractivity contribution in [2.24, 2.45) is 0 Å². The zero-order valence-electron chi connectivity index (χ0n) is 12.0. The lowest BCUT2D eigenvalue weighted by atomic mass is 10.1. The van der Waals surface area contributed by atoms with Crippen LogP contribution in [0.4, 0.5) is 5.69 Å². The highest BCUT2D eigenvalue weighted by Crippen LogP contribution is 2.21. The highest BCUT2D eigenvalue weighted by atomic mass is 32.2. The summed E-state index contributed by atoms with van der Waals surface area (Å²) in [6.07, 6.45) is 1.93. The van der Waals surface area contributed by atoms with Gasteiger partial charge in [-0.15, -0.1) is 11.8 Å². The number of sulfonamides is 1. The molecule has 0 saturated heterocycles. The summed E-state index contributed by atoms with van der Waals surface area (Å²) in [5.74, 6) is -1.15. The molecule has 0 saturated carbocycles. The van der Waals surface area contributed by atoms with Crippen molar-refractivity contribution < 1.29 is 18.3 Å². The Morgan fingerprint density at radius 1 is 1.14 bits per heavy atom. The number of hydrogen-bond acceptors (Lipinski definition) is 4. The Morgan fingerprint density at radius 2 is 1.77 bits per heavy atom. The van der Waals surface area contributed by atoms with Crippen molar-refractivity contribution in [3.05, 3.63) is 53.6 Å². The van der Waals surface area contributed by atoms with Gasteiger partial charge in [0.2, 0.25) is 0 Å². The van der Waals surface area contributed by atoms with Crippen LogP contribution in [0.3, 0.4) is 0 Å². The second-order valence-corrected chi connectivity index (χ2v) is 7.18. The lowest BCUT2D eigenvalue weighted by Crippen LogP contribution is -2.14. The van der Waals surface area contributed by atoms with Gasteiger partial charge in [0.25, 0.3) is 10.0 Å². The molecule has 7 heteroatoms. The average molecular weight is 337 g/mol. The predicted octanol–water partition coefficient (Wildman–Crippen LogP) is 3.22. The Hall–Kier alpha value is -1.99. The number of carboxylic acid groups (broad SMARTS) is 1. The average Bonchev–Trinajstić information content (AvgIpc) is 2.47. The van der Waals surface area contributed by atoms with E-state index in [1.807, 2.05) is 6.26 Å². The van der Waals surface area contributed by atoms with E-state index in [1.54, 1.807) is 43.0 Å². The molecule has 0 amide bonds. The predicted molar refractivity (Wildman–Crippen MR) is 87.2 cm³/mol. The molecule has 0 aromatic heterocycles. The van der Waals surface area contributed by atoms with Crippen LogP contribution in [0.15, 0.2) is 52.3 Å². The third-order valence-electron chi connectivity index (χ3n) is 3.09. The van der Waals surface area contributed by atoms with Crippen LogP contribution < -0.4 is 4.72 Å². The van der Waals surface area contributed by atoms with Crippen LogP contribution >= 0.6 is 11.8 Å². The fourth-order valence-electron chi connectivity index (χ4n) is 1.87. The van der Waals surface area contributed by atoms with Crippen LogP contribution in [0.25, 0.3) is 0 Å². The molecule has 0 bridgehead atoms. The Morgan fingerprint density at radius 3 is 2.32 bits per heavy atom. The summed E-state index contributed by atoms with van der Waals surface area (Å²) in [5, 5.41) is 9.09. The van der Waals surface area contributed by atoms with Crippen LogP contribution in [0.1, 0.15) is 15.9 Å². The number of anilines is 1. The molecule has 0 aliphatic rings. The second kappa shape index (κ2) is 6.41. The monoisotopic (exact) mass is 337 g/mol. The highest BCUT2D eigenvalue weighted by Gasteiger charge is 2.17. The van der Waals surface area contributed by atoms with Crippen LogP contribution in [0, 0.1) is 6.92 Å². The Labute approximate surface area is 133 Å². The molecule has 0 spiro atoms. The maximum absolute atomic E-state index is 12.3. The van der Waals surface area contributed by atoms with Gasteiger partial charge in [-0.25, -0.2) is 13.2 Å². The molecule has 0 heterocycles. The van der Waals surface area contributed by atoms with Crippen molar-refractivity contribution in [1.82, 2.24) is 0 Å². The number of benzene rings is 2. The summed E-state index contributed by atoms with van der Waals surface area (Å²) in [4.78, 5) is 12.1. The Bertz CT molecular complexity index is 799. The van der Waals surface area contributed by atoms with E-state index in [0.29, 0.717) is 11.3 Å². The summed E-state index contributed by atoms with van der Waals surface area (Å²) in [5.41, 5.74) is 0.909. The van der Waals surface area contributed by atoms with Crippen LogP contribution in [-0.4, -0.2) is 25.7 Å². The van der Waals surface area contributed by atoms with Crippen LogP contribution in [-0.2, 0) is 10.0 Å². The topological polar surface area (TPSA) is 83.5 Å². The van der Waals surface area contributed by atoms with Gasteiger partial charge in [-0.05, 0) is 55.1 Å². The zero-order chi connectivity index (χ0) is 16.3. The van der Waals surface area contributed by atoms with Gasteiger partial charge in [-0.3, -0.25) is 4.72 Å². The minimum atomic E-state index is -3.83. The first-order valence-electron chi connectivity index (χ1n) is 6.34. The molecule has 0 aliphatic carbocycles. The fourth-order valence-corrected chi connectivity index (χ4v) is 3.36. The van der Waals surface area contributed by atoms with Gasteiger partial charge in [0.05, 0.1) is 10.5 Å². The van der Waals surface area contributed by atoms with Crippen molar-refractivity contribution in [3.8, 4) is 0 Å². The van der Waals surface area contributed by atoms with E-state index in [4.69, 9.17) is 5.11 Å². The number of hydrogen-bond donors (Lipinski definition) is 2. The quantitative estimate of drug-likeness (QED) is 0.819. The molecule has 2 aromatic rings. The van der Waals surface area contributed by atoms with E-state index in [2.05, 4.69) is 4.72 Å². The first kappa shape index (κ1) is 16.4. The number of rotatable bonds is 5. The van der Waals surface area contributed by atoms with Crippen LogP contribution in [0.2, 0.25) is 0 Å². The minimum absolute atomic E-state index is 0.0272. The molecule has 0 fully saturated rings. The summed E-state index contributed by atoms with van der Waals surface area (Å²) < 4.78 is 27.1. The maximum Gasteiger partial charge on any atom is 0.335 e. The second-order valence-electron chi connectivity index (χ2n) is 4.62. The molecule has 2 aromatic carbocycles. The fraction of sp³-hybridized carbons (Fsp3) is 0.133. The van der Waals surface area contributed by atoms with Gasteiger partial charge in [0.1, 0.15) is 0 Å². The Kier molecular flexibility index (Phi) is 4.77. The summed E-state index contributed by atoms with van der Waals surface area (Å²) in [6, 6.07) is 11.0. The molecular weight excluding hydrogens is 322 g/mol. The van der Waals surface area contributed by atoms with E-state index in [9.17, 15) is 13.2 Å².